The molecule has 2 aromatic carbocycles. The van der Waals surface area contributed by atoms with E-state index >= 15 is 0 Å². The van der Waals surface area contributed by atoms with Gasteiger partial charge in [-0.05, 0) is 62.4 Å². The molecule has 154 valence electrons. The molecule has 29 heavy (non-hydrogen) atoms. The molecule has 0 atom stereocenters. The largest absolute Gasteiger partial charge is 0.490 e. The minimum absolute atomic E-state index is 0.0980. The Kier molecular flexibility index (Phi) is 7.56. The molecule has 0 spiro atoms. The fourth-order valence-electron chi connectivity index (χ4n) is 3.46. The van der Waals surface area contributed by atoms with Crippen molar-refractivity contribution < 1.29 is 14.3 Å². The molecule has 3 rings (SSSR count). The zero-order valence-electron chi connectivity index (χ0n) is 17.3. The maximum absolute atomic E-state index is 12.2. The smallest absolute Gasteiger partial charge is 0.220 e. The molecule has 3 aromatic rings. The molecule has 5 heteroatoms. The van der Waals surface area contributed by atoms with Crippen LogP contribution in [0.4, 0.5) is 0 Å². The van der Waals surface area contributed by atoms with Crippen molar-refractivity contribution in [2.45, 2.75) is 39.5 Å². The van der Waals surface area contributed by atoms with Gasteiger partial charge in [-0.15, -0.1) is 0 Å². The molecular formula is C24H30N2O3. The van der Waals surface area contributed by atoms with E-state index in [4.69, 9.17) is 9.47 Å². The second kappa shape index (κ2) is 10.6. The Labute approximate surface area is 172 Å². The second-order valence-electron chi connectivity index (χ2n) is 6.96. The van der Waals surface area contributed by atoms with Gasteiger partial charge in [-0.3, -0.25) is 4.79 Å². The van der Waals surface area contributed by atoms with E-state index in [1.165, 1.54) is 10.9 Å². The van der Waals surface area contributed by atoms with Gasteiger partial charge in [-0.25, -0.2) is 0 Å². The number of hydrogen-bond acceptors (Lipinski definition) is 3. The number of ether oxygens (including phenoxy) is 2. The molecular weight excluding hydrogens is 364 g/mol. The first-order valence-corrected chi connectivity index (χ1v) is 10.4. The lowest BCUT2D eigenvalue weighted by Gasteiger charge is -2.12. The predicted octanol–water partition coefficient (Wildman–Crippen LogP) is 4.65. The highest BCUT2D eigenvalue weighted by Crippen LogP contribution is 2.28. The van der Waals surface area contributed by atoms with Crippen LogP contribution in [0.3, 0.4) is 0 Å². The number of hydrogen-bond donors (Lipinski definition) is 2. The molecule has 1 aromatic heterocycles. The quantitative estimate of drug-likeness (QED) is 0.498. The predicted molar refractivity (Wildman–Crippen MR) is 117 cm³/mol. The third kappa shape index (κ3) is 5.76. The molecule has 1 amide bonds. The van der Waals surface area contributed by atoms with Crippen LogP contribution < -0.4 is 14.8 Å². The Hall–Kier alpha value is -2.95. The maximum atomic E-state index is 12.2. The summed E-state index contributed by atoms with van der Waals surface area (Å²) in [5, 5.41) is 4.26. The van der Waals surface area contributed by atoms with E-state index in [0.717, 1.165) is 41.8 Å². The standard InChI is InChI=1S/C24H30N2O3/c1-3-28-22-13-12-18(16-23(22)29-4-2)14-15-25-24(27)11-7-8-19-17-26-21-10-6-5-9-20(19)21/h5-6,9-10,12-13,16-17,26H,3-4,7-8,11,14-15H2,1-2H3,(H,25,27). The van der Waals surface area contributed by atoms with Crippen molar-refractivity contribution in [3.63, 3.8) is 0 Å². The van der Waals surface area contributed by atoms with E-state index in [-0.39, 0.29) is 5.91 Å². The van der Waals surface area contributed by atoms with Gasteiger partial charge in [0.25, 0.3) is 0 Å². The fraction of sp³-hybridized carbons (Fsp3) is 0.375. The molecule has 0 bridgehead atoms. The van der Waals surface area contributed by atoms with Crippen LogP contribution in [-0.4, -0.2) is 30.6 Å². The van der Waals surface area contributed by atoms with E-state index in [0.29, 0.717) is 26.2 Å². The Bertz CT molecular complexity index is 933. The fourth-order valence-corrected chi connectivity index (χ4v) is 3.46. The number of amides is 1. The topological polar surface area (TPSA) is 63.3 Å². The summed E-state index contributed by atoms with van der Waals surface area (Å²) in [6.45, 7) is 5.73. The van der Waals surface area contributed by atoms with Crippen molar-refractivity contribution in [1.82, 2.24) is 10.3 Å². The van der Waals surface area contributed by atoms with E-state index in [9.17, 15) is 4.79 Å². The summed E-state index contributed by atoms with van der Waals surface area (Å²) in [6, 6.07) is 14.2. The van der Waals surface area contributed by atoms with Crippen molar-refractivity contribution in [2.24, 2.45) is 0 Å². The molecule has 2 N–H and O–H groups in total. The molecule has 0 fully saturated rings. The van der Waals surface area contributed by atoms with Gasteiger partial charge in [0, 0.05) is 30.1 Å². The highest BCUT2D eigenvalue weighted by Gasteiger charge is 2.08. The molecule has 0 unspecified atom stereocenters. The Morgan fingerprint density at radius 2 is 1.79 bits per heavy atom. The number of nitrogens with one attached hydrogen (secondary N) is 2. The van der Waals surface area contributed by atoms with E-state index in [2.05, 4.69) is 22.4 Å². The molecule has 0 aliphatic heterocycles. The van der Waals surface area contributed by atoms with Gasteiger partial charge < -0.3 is 19.8 Å². The van der Waals surface area contributed by atoms with E-state index in [1.54, 1.807) is 0 Å². The van der Waals surface area contributed by atoms with Gasteiger partial charge in [0.2, 0.25) is 5.91 Å². The van der Waals surface area contributed by atoms with Crippen LogP contribution in [0.5, 0.6) is 11.5 Å². The van der Waals surface area contributed by atoms with Crippen molar-refractivity contribution >= 4 is 16.8 Å². The van der Waals surface area contributed by atoms with Gasteiger partial charge in [0.1, 0.15) is 0 Å². The first-order chi connectivity index (χ1) is 14.2. The Balaban J connectivity index is 1.42. The average molecular weight is 395 g/mol. The van der Waals surface area contributed by atoms with Crippen LogP contribution in [0.15, 0.2) is 48.7 Å². The highest BCUT2D eigenvalue weighted by atomic mass is 16.5. The van der Waals surface area contributed by atoms with Crippen molar-refractivity contribution in [1.29, 1.82) is 0 Å². The van der Waals surface area contributed by atoms with Crippen LogP contribution >= 0.6 is 0 Å². The molecule has 5 nitrogen and oxygen atoms in total. The van der Waals surface area contributed by atoms with Crippen LogP contribution in [0.25, 0.3) is 10.9 Å². The summed E-state index contributed by atoms with van der Waals surface area (Å²) in [7, 11) is 0. The number of carbonyl (C=O) groups is 1. The summed E-state index contributed by atoms with van der Waals surface area (Å²) in [5.41, 5.74) is 3.54. The number of rotatable bonds is 11. The molecule has 0 aliphatic rings. The van der Waals surface area contributed by atoms with Crippen molar-refractivity contribution in [3.8, 4) is 11.5 Å². The number of benzene rings is 2. The monoisotopic (exact) mass is 394 g/mol. The van der Waals surface area contributed by atoms with E-state index < -0.39 is 0 Å². The number of para-hydroxylation sites is 1. The number of aromatic amines is 1. The number of H-pyrrole nitrogens is 1. The molecule has 0 saturated heterocycles. The number of carbonyl (C=O) groups excluding carboxylic acids is 1. The molecule has 0 saturated carbocycles. The zero-order chi connectivity index (χ0) is 20.5. The van der Waals surface area contributed by atoms with Gasteiger partial charge in [-0.1, -0.05) is 24.3 Å². The van der Waals surface area contributed by atoms with Crippen molar-refractivity contribution in [2.75, 3.05) is 19.8 Å². The van der Waals surface area contributed by atoms with E-state index in [1.807, 2.05) is 50.4 Å². The van der Waals surface area contributed by atoms with Crippen molar-refractivity contribution in [3.05, 3.63) is 59.8 Å². The summed E-state index contributed by atoms with van der Waals surface area (Å²) in [6.07, 6.45) is 5.08. The molecule has 0 aliphatic carbocycles. The average Bonchev–Trinajstić information content (AvgIpc) is 3.13. The highest BCUT2D eigenvalue weighted by molar-refractivity contribution is 5.83. The third-order valence-electron chi connectivity index (χ3n) is 4.87. The van der Waals surface area contributed by atoms with Gasteiger partial charge in [0.15, 0.2) is 11.5 Å². The first kappa shape index (κ1) is 20.8. The molecule has 1 heterocycles. The van der Waals surface area contributed by atoms with Crippen LogP contribution in [-0.2, 0) is 17.6 Å². The van der Waals surface area contributed by atoms with Gasteiger partial charge in [-0.2, -0.15) is 0 Å². The lowest BCUT2D eigenvalue weighted by Crippen LogP contribution is -2.25. The second-order valence-corrected chi connectivity index (χ2v) is 6.96. The Morgan fingerprint density at radius 1 is 1.00 bits per heavy atom. The van der Waals surface area contributed by atoms with Crippen LogP contribution in [0.1, 0.15) is 37.8 Å². The normalized spacial score (nSPS) is 10.8. The Morgan fingerprint density at radius 3 is 2.62 bits per heavy atom. The van der Waals surface area contributed by atoms with Gasteiger partial charge >= 0.3 is 0 Å². The lowest BCUT2D eigenvalue weighted by atomic mass is 10.1. The van der Waals surface area contributed by atoms with Crippen LogP contribution in [0.2, 0.25) is 0 Å². The third-order valence-corrected chi connectivity index (χ3v) is 4.87. The van der Waals surface area contributed by atoms with Crippen LogP contribution in [0, 0.1) is 0 Å². The summed E-state index contributed by atoms with van der Waals surface area (Å²) in [4.78, 5) is 15.5. The number of fused-ring (bicyclic) bond motifs is 1. The lowest BCUT2D eigenvalue weighted by molar-refractivity contribution is -0.121. The summed E-state index contributed by atoms with van der Waals surface area (Å²) < 4.78 is 11.3. The maximum Gasteiger partial charge on any atom is 0.220 e. The molecule has 0 radical (unpaired) electrons. The first-order valence-electron chi connectivity index (χ1n) is 10.4. The minimum atomic E-state index is 0.0980. The minimum Gasteiger partial charge on any atom is -0.490 e. The number of aryl methyl sites for hydroxylation is 1. The summed E-state index contributed by atoms with van der Waals surface area (Å²) in [5.74, 6) is 1.62. The number of aromatic nitrogens is 1. The van der Waals surface area contributed by atoms with Gasteiger partial charge in [0.05, 0.1) is 13.2 Å². The zero-order valence-corrected chi connectivity index (χ0v) is 17.3. The SMILES string of the molecule is CCOc1ccc(CCNC(=O)CCCc2c[nH]c3ccccc23)cc1OCC. The summed E-state index contributed by atoms with van der Waals surface area (Å²) >= 11 is 0.